The normalized spacial score (nSPS) is 13.1. The summed E-state index contributed by atoms with van der Waals surface area (Å²) >= 11 is 0. The number of anilines is 1. The number of nitrogens with one attached hydrogen (secondary N) is 2. The molecular weight excluding hydrogens is 532 g/mol. The van der Waals surface area contributed by atoms with Crippen LogP contribution in [0.25, 0.3) is 11.3 Å². The second kappa shape index (κ2) is 10.7. The molecule has 1 saturated carbocycles. The van der Waals surface area contributed by atoms with E-state index in [2.05, 4.69) is 20.5 Å². The summed E-state index contributed by atoms with van der Waals surface area (Å²) in [6, 6.07) is 15.7. The van der Waals surface area contributed by atoms with Gasteiger partial charge in [-0.05, 0) is 79.1 Å². The molecule has 0 spiro atoms. The van der Waals surface area contributed by atoms with Gasteiger partial charge in [0.15, 0.2) is 0 Å². The Bertz CT molecular complexity index is 1560. The molecule has 1 heterocycles. The molecule has 0 aliphatic heterocycles. The van der Waals surface area contributed by atoms with E-state index in [9.17, 15) is 32.3 Å². The second-order valence-electron chi connectivity index (χ2n) is 9.19. The van der Waals surface area contributed by atoms with Gasteiger partial charge in [0, 0.05) is 29.3 Å². The van der Waals surface area contributed by atoms with Gasteiger partial charge in [-0.1, -0.05) is 12.1 Å². The van der Waals surface area contributed by atoms with E-state index >= 15 is 0 Å². The number of aromatic hydroxyl groups is 1. The average Bonchev–Trinajstić information content (AvgIpc) is 3.66. The Morgan fingerprint density at radius 3 is 2.45 bits per heavy atom. The van der Waals surface area contributed by atoms with Crippen molar-refractivity contribution in [1.82, 2.24) is 15.1 Å². The van der Waals surface area contributed by atoms with E-state index in [-0.39, 0.29) is 35.0 Å². The Morgan fingerprint density at radius 2 is 1.77 bits per heavy atom. The lowest BCUT2D eigenvalue weighted by Gasteiger charge is -2.10. The van der Waals surface area contributed by atoms with E-state index in [1.165, 1.54) is 47.1 Å². The summed E-state index contributed by atoms with van der Waals surface area (Å²) < 4.78 is 55.6. The molecule has 0 radical (unpaired) electrons. The van der Waals surface area contributed by atoms with Crippen LogP contribution in [0.1, 0.15) is 40.4 Å². The standard InChI is InChI=1S/C28H22F4N4O4/c29-19-3-1-2-16(12-19)15-33-27(39)36-24(17-4-5-17)14-23(35-36)22-13-20(8-11-25(22)37)34-26(38)18-6-9-21(10-7-18)40-28(30,31)32/h1-3,6-14,17,37H,4-5,15H2,(H,33,39)(H,34,38). The third-order valence-electron chi connectivity index (χ3n) is 6.14. The maximum absolute atomic E-state index is 13.5. The number of hydrogen-bond donors (Lipinski definition) is 3. The van der Waals surface area contributed by atoms with Crippen LogP contribution < -0.4 is 15.4 Å². The maximum Gasteiger partial charge on any atom is 0.573 e. The molecule has 0 saturated heterocycles. The lowest BCUT2D eigenvalue weighted by atomic mass is 10.1. The Morgan fingerprint density at radius 1 is 1.02 bits per heavy atom. The van der Waals surface area contributed by atoms with Crippen LogP contribution in [-0.2, 0) is 6.54 Å². The maximum atomic E-state index is 13.5. The SMILES string of the molecule is O=C(Nc1ccc(O)c(-c2cc(C3CC3)n(C(=O)NCc3cccc(F)c3)n2)c1)c1ccc(OC(F)(F)F)cc1. The van der Waals surface area contributed by atoms with Crippen molar-refractivity contribution in [2.24, 2.45) is 0 Å². The fraction of sp³-hybridized carbons (Fsp3) is 0.179. The van der Waals surface area contributed by atoms with Crippen molar-refractivity contribution in [2.45, 2.75) is 31.7 Å². The van der Waals surface area contributed by atoms with Gasteiger partial charge in [-0.2, -0.15) is 9.78 Å². The fourth-order valence-electron chi connectivity index (χ4n) is 4.09. The quantitative estimate of drug-likeness (QED) is 0.187. The lowest BCUT2D eigenvalue weighted by Crippen LogP contribution is -2.30. The first-order chi connectivity index (χ1) is 19.1. The smallest absolute Gasteiger partial charge is 0.507 e. The number of nitrogens with zero attached hydrogens (tertiary/aromatic N) is 2. The third kappa shape index (κ3) is 6.40. The summed E-state index contributed by atoms with van der Waals surface area (Å²) in [5.41, 5.74) is 2.15. The number of rotatable bonds is 7. The zero-order valence-electron chi connectivity index (χ0n) is 20.7. The molecule has 3 N–H and O–H groups in total. The zero-order valence-corrected chi connectivity index (χ0v) is 20.7. The number of phenols is 1. The molecule has 0 atom stereocenters. The topological polar surface area (TPSA) is 105 Å². The van der Waals surface area contributed by atoms with Gasteiger partial charge in [-0.15, -0.1) is 13.2 Å². The van der Waals surface area contributed by atoms with Gasteiger partial charge in [0.25, 0.3) is 5.91 Å². The van der Waals surface area contributed by atoms with Gasteiger partial charge in [-0.25, -0.2) is 9.18 Å². The minimum Gasteiger partial charge on any atom is -0.507 e. The number of aromatic nitrogens is 2. The number of carbonyl (C=O) groups excluding carboxylic acids is 2. The highest BCUT2D eigenvalue weighted by Gasteiger charge is 2.32. The molecule has 3 aromatic carbocycles. The van der Waals surface area contributed by atoms with E-state index in [0.717, 1.165) is 25.0 Å². The van der Waals surface area contributed by atoms with Crippen molar-refractivity contribution in [3.8, 4) is 22.8 Å². The molecule has 4 aromatic rings. The lowest BCUT2D eigenvalue weighted by molar-refractivity contribution is -0.274. The van der Waals surface area contributed by atoms with Crippen LogP contribution in [-0.4, -0.2) is 33.2 Å². The van der Waals surface area contributed by atoms with Gasteiger partial charge in [0.1, 0.15) is 17.3 Å². The summed E-state index contributed by atoms with van der Waals surface area (Å²) in [4.78, 5) is 25.6. The fourth-order valence-corrected chi connectivity index (χ4v) is 4.09. The molecule has 1 aliphatic rings. The number of carbonyl (C=O) groups is 2. The second-order valence-corrected chi connectivity index (χ2v) is 9.19. The van der Waals surface area contributed by atoms with Crippen LogP contribution in [0.2, 0.25) is 0 Å². The van der Waals surface area contributed by atoms with Crippen LogP contribution in [0.3, 0.4) is 0 Å². The molecule has 1 fully saturated rings. The molecule has 1 aliphatic carbocycles. The third-order valence-corrected chi connectivity index (χ3v) is 6.14. The molecule has 206 valence electrons. The van der Waals surface area contributed by atoms with Crippen LogP contribution in [0.15, 0.2) is 72.8 Å². The van der Waals surface area contributed by atoms with Crippen LogP contribution >= 0.6 is 0 Å². The minimum atomic E-state index is -4.85. The van der Waals surface area contributed by atoms with Crippen molar-refractivity contribution in [3.63, 3.8) is 0 Å². The van der Waals surface area contributed by atoms with Crippen molar-refractivity contribution < 1.29 is 37.0 Å². The molecule has 0 bridgehead atoms. The number of alkyl halides is 3. The van der Waals surface area contributed by atoms with Gasteiger partial charge >= 0.3 is 12.4 Å². The van der Waals surface area contributed by atoms with E-state index in [4.69, 9.17) is 0 Å². The minimum absolute atomic E-state index is 0.0828. The summed E-state index contributed by atoms with van der Waals surface area (Å²) in [5, 5.41) is 20.3. The Kier molecular flexibility index (Phi) is 7.16. The van der Waals surface area contributed by atoms with Crippen LogP contribution in [0, 0.1) is 5.82 Å². The molecule has 2 amide bonds. The van der Waals surface area contributed by atoms with Crippen molar-refractivity contribution in [1.29, 1.82) is 0 Å². The highest BCUT2D eigenvalue weighted by Crippen LogP contribution is 2.42. The number of ether oxygens (including phenoxy) is 1. The summed E-state index contributed by atoms with van der Waals surface area (Å²) in [7, 11) is 0. The molecule has 0 unspecified atom stereocenters. The highest BCUT2D eigenvalue weighted by atomic mass is 19.4. The predicted octanol–water partition coefficient (Wildman–Crippen LogP) is 6.18. The molecule has 12 heteroatoms. The summed E-state index contributed by atoms with van der Waals surface area (Å²) in [6.07, 6.45) is -3.10. The number of phenolic OH excluding ortho intramolecular Hbond substituents is 1. The van der Waals surface area contributed by atoms with E-state index in [0.29, 0.717) is 17.0 Å². The van der Waals surface area contributed by atoms with Crippen LogP contribution in [0.5, 0.6) is 11.5 Å². The van der Waals surface area contributed by atoms with Gasteiger partial charge < -0.3 is 20.5 Å². The predicted molar refractivity (Wildman–Crippen MR) is 136 cm³/mol. The molecule has 1 aromatic heterocycles. The largest absolute Gasteiger partial charge is 0.573 e. The number of benzene rings is 3. The van der Waals surface area contributed by atoms with E-state index in [1.807, 2.05) is 0 Å². The molecule has 5 rings (SSSR count). The molecular formula is C28H22F4N4O4. The Hall–Kier alpha value is -4.87. The van der Waals surface area contributed by atoms with Gasteiger partial charge in [-0.3, -0.25) is 4.79 Å². The number of hydrogen-bond acceptors (Lipinski definition) is 5. The number of amides is 2. The first-order valence-electron chi connectivity index (χ1n) is 12.2. The number of halogens is 4. The first kappa shape index (κ1) is 26.7. The van der Waals surface area contributed by atoms with Gasteiger partial charge in [0.05, 0.1) is 11.4 Å². The average molecular weight is 555 g/mol. The first-order valence-corrected chi connectivity index (χ1v) is 12.2. The van der Waals surface area contributed by atoms with Crippen LogP contribution in [0.4, 0.5) is 28.0 Å². The highest BCUT2D eigenvalue weighted by molar-refractivity contribution is 6.04. The summed E-state index contributed by atoms with van der Waals surface area (Å²) in [5.74, 6) is -1.50. The van der Waals surface area contributed by atoms with E-state index < -0.39 is 29.9 Å². The van der Waals surface area contributed by atoms with E-state index in [1.54, 1.807) is 18.2 Å². The molecule has 8 nitrogen and oxygen atoms in total. The monoisotopic (exact) mass is 554 g/mol. The van der Waals surface area contributed by atoms with Crippen molar-refractivity contribution in [2.75, 3.05) is 5.32 Å². The zero-order chi connectivity index (χ0) is 28.4. The Labute approximate surface area is 225 Å². The van der Waals surface area contributed by atoms with Gasteiger partial charge in [0.2, 0.25) is 0 Å². The summed E-state index contributed by atoms with van der Waals surface area (Å²) in [6.45, 7) is 0.0893. The Balaban J connectivity index is 1.33. The van der Waals surface area contributed by atoms with Crippen molar-refractivity contribution >= 4 is 17.6 Å². The van der Waals surface area contributed by atoms with Crippen molar-refractivity contribution in [3.05, 3.63) is 95.4 Å². The molecule has 40 heavy (non-hydrogen) atoms.